The molecule has 0 rings (SSSR count). The van der Waals surface area contributed by atoms with E-state index in [1.54, 1.807) is 6.26 Å². The Morgan fingerprint density at radius 2 is 2.40 bits per heavy atom. The van der Waals surface area contributed by atoms with Gasteiger partial charge in [0.25, 0.3) is 0 Å². The second-order valence-electron chi connectivity index (χ2n) is 1.83. The minimum absolute atomic E-state index is 0.128. The first-order valence-corrected chi connectivity index (χ1v) is 4.02. The molecule has 0 saturated heterocycles. The Kier molecular flexibility index (Phi) is 4.38. The van der Waals surface area contributed by atoms with Gasteiger partial charge in [-0.1, -0.05) is 0 Å². The summed E-state index contributed by atoms with van der Waals surface area (Å²) < 4.78 is 12.4. The number of aliphatic carboxylic acids is 1. The van der Waals surface area contributed by atoms with Crippen molar-refractivity contribution >= 4 is 17.7 Å². The van der Waals surface area contributed by atoms with E-state index in [1.165, 1.54) is 0 Å². The minimum Gasteiger partial charge on any atom is -0.480 e. The molecule has 0 aromatic heterocycles. The molecule has 3 N–H and O–H groups in total. The molecule has 0 radical (unpaired) electrons. The van der Waals surface area contributed by atoms with Gasteiger partial charge in [0.2, 0.25) is 0 Å². The summed E-state index contributed by atoms with van der Waals surface area (Å²) in [5, 5.41) is 8.23. The van der Waals surface area contributed by atoms with Gasteiger partial charge in [-0.05, 0) is 6.26 Å². The molecule has 0 aliphatic rings. The summed E-state index contributed by atoms with van der Waals surface area (Å²) in [5.41, 5.74) is 3.87. The fourth-order valence-electron chi connectivity index (χ4n) is 0.397. The van der Waals surface area contributed by atoms with Gasteiger partial charge in [0.05, 0.1) is 0 Å². The fourth-order valence-corrected chi connectivity index (χ4v) is 0.796. The van der Waals surface area contributed by atoms with Crippen molar-refractivity contribution in [2.24, 2.45) is 5.73 Å². The summed E-state index contributed by atoms with van der Waals surface area (Å²) in [7, 11) is 0. The topological polar surface area (TPSA) is 63.3 Å². The van der Waals surface area contributed by atoms with Crippen LogP contribution >= 0.6 is 11.8 Å². The Morgan fingerprint density at radius 3 is 2.70 bits per heavy atom. The zero-order chi connectivity index (χ0) is 8.15. The van der Waals surface area contributed by atoms with Gasteiger partial charge in [-0.3, -0.25) is 4.79 Å². The highest BCUT2D eigenvalue weighted by Crippen LogP contribution is 2.13. The zero-order valence-electron chi connectivity index (χ0n) is 5.58. The molecule has 10 heavy (non-hydrogen) atoms. The predicted octanol–water partition coefficient (Wildman–Crippen LogP) is 0.447. The van der Waals surface area contributed by atoms with Crippen molar-refractivity contribution in [1.29, 1.82) is 0 Å². The number of carbonyl (C=O) groups is 1. The van der Waals surface area contributed by atoms with E-state index >= 15 is 0 Å². The summed E-state index contributed by atoms with van der Waals surface area (Å²) in [6, 6.07) is -1.08. The number of nitrogens with two attached hydrogens (primary N) is 1. The molecule has 0 aliphatic heterocycles. The van der Waals surface area contributed by atoms with Crippen LogP contribution in [0.4, 0.5) is 4.39 Å². The van der Waals surface area contributed by atoms with Crippen molar-refractivity contribution in [1.82, 2.24) is 0 Å². The fraction of sp³-hybridized carbons (Fsp3) is 0.800. The molecule has 0 aromatic rings. The van der Waals surface area contributed by atoms with Crippen LogP contribution in [0.1, 0.15) is 6.42 Å². The molecular weight excluding hydrogens is 157 g/mol. The van der Waals surface area contributed by atoms with Gasteiger partial charge in [-0.25, -0.2) is 4.39 Å². The van der Waals surface area contributed by atoms with E-state index in [0.717, 1.165) is 11.8 Å². The van der Waals surface area contributed by atoms with Crippen molar-refractivity contribution in [2.45, 2.75) is 18.0 Å². The smallest absolute Gasteiger partial charge is 0.320 e. The first-order valence-electron chi connectivity index (χ1n) is 2.73. The van der Waals surface area contributed by atoms with Gasteiger partial charge in [-0.15, -0.1) is 11.8 Å². The SMILES string of the molecule is CSC(F)C[C@H](N)C(=O)O. The van der Waals surface area contributed by atoms with Gasteiger partial charge < -0.3 is 10.8 Å². The van der Waals surface area contributed by atoms with Crippen LogP contribution in [0.15, 0.2) is 0 Å². The molecule has 3 nitrogen and oxygen atoms in total. The third kappa shape index (κ3) is 3.68. The molecule has 0 aliphatic carbocycles. The Balaban J connectivity index is 3.56. The standard InChI is InChI=1S/C5H10FNO2S/c1-10-4(6)2-3(7)5(8)9/h3-4H,2,7H2,1H3,(H,8,9)/t3-,4?/m0/s1. The van der Waals surface area contributed by atoms with Crippen LogP contribution in [0.2, 0.25) is 0 Å². The highest BCUT2D eigenvalue weighted by Gasteiger charge is 2.16. The maximum Gasteiger partial charge on any atom is 0.320 e. The van der Waals surface area contributed by atoms with Crippen molar-refractivity contribution < 1.29 is 14.3 Å². The van der Waals surface area contributed by atoms with Crippen molar-refractivity contribution in [3.63, 3.8) is 0 Å². The molecule has 0 amide bonds. The van der Waals surface area contributed by atoms with Gasteiger partial charge in [0.1, 0.15) is 11.5 Å². The normalized spacial score (nSPS) is 16.3. The molecule has 2 atom stereocenters. The van der Waals surface area contributed by atoms with Crippen LogP contribution in [0, 0.1) is 0 Å². The molecule has 0 heterocycles. The van der Waals surface area contributed by atoms with Gasteiger partial charge in [0, 0.05) is 6.42 Å². The molecule has 0 bridgehead atoms. The monoisotopic (exact) mass is 167 g/mol. The molecule has 5 heteroatoms. The van der Waals surface area contributed by atoms with Gasteiger partial charge in [-0.2, -0.15) is 0 Å². The highest BCUT2D eigenvalue weighted by atomic mass is 32.2. The zero-order valence-corrected chi connectivity index (χ0v) is 6.40. The lowest BCUT2D eigenvalue weighted by Gasteiger charge is -2.07. The van der Waals surface area contributed by atoms with E-state index in [1.807, 2.05) is 0 Å². The average molecular weight is 167 g/mol. The summed E-state index contributed by atoms with van der Waals surface area (Å²) in [4.78, 5) is 10.0. The Hall–Kier alpha value is -0.290. The van der Waals surface area contributed by atoms with Gasteiger partial charge in [0.15, 0.2) is 0 Å². The lowest BCUT2D eigenvalue weighted by molar-refractivity contribution is -0.138. The van der Waals surface area contributed by atoms with Crippen molar-refractivity contribution in [2.75, 3.05) is 6.26 Å². The number of carboxylic acids is 1. The molecule has 0 saturated carbocycles. The van der Waals surface area contributed by atoms with E-state index < -0.39 is 17.5 Å². The van der Waals surface area contributed by atoms with E-state index in [9.17, 15) is 9.18 Å². The number of alkyl halides is 1. The summed E-state index contributed by atoms with van der Waals surface area (Å²) in [6.45, 7) is 0. The first-order chi connectivity index (χ1) is 4.57. The number of hydrogen-bond acceptors (Lipinski definition) is 3. The van der Waals surface area contributed by atoms with E-state index in [0.29, 0.717) is 0 Å². The Labute approximate surface area is 62.8 Å². The van der Waals surface area contributed by atoms with Crippen LogP contribution in [-0.2, 0) is 4.79 Å². The van der Waals surface area contributed by atoms with Crippen LogP contribution in [0.25, 0.3) is 0 Å². The maximum absolute atomic E-state index is 12.4. The summed E-state index contributed by atoms with van der Waals surface area (Å²) in [6.07, 6.45) is 1.44. The summed E-state index contributed by atoms with van der Waals surface area (Å²) in [5.74, 6) is -1.16. The Bertz CT molecular complexity index is 122. The molecule has 0 fully saturated rings. The lowest BCUT2D eigenvalue weighted by atomic mass is 10.2. The maximum atomic E-state index is 12.4. The number of carboxylic acid groups (broad SMARTS) is 1. The third-order valence-electron chi connectivity index (χ3n) is 1.01. The van der Waals surface area contributed by atoms with E-state index in [2.05, 4.69) is 0 Å². The molecular formula is C5H10FNO2S. The van der Waals surface area contributed by atoms with Crippen molar-refractivity contribution in [3.8, 4) is 0 Å². The Morgan fingerprint density at radius 1 is 1.90 bits per heavy atom. The number of rotatable bonds is 4. The molecule has 0 spiro atoms. The molecule has 0 aromatic carbocycles. The lowest BCUT2D eigenvalue weighted by Crippen LogP contribution is -2.32. The second kappa shape index (κ2) is 4.51. The number of thioether (sulfide) groups is 1. The molecule has 1 unspecified atom stereocenters. The number of halogens is 1. The highest BCUT2D eigenvalue weighted by molar-refractivity contribution is 7.99. The van der Waals surface area contributed by atoms with Crippen LogP contribution in [-0.4, -0.2) is 28.9 Å². The largest absolute Gasteiger partial charge is 0.480 e. The van der Waals surface area contributed by atoms with Crippen LogP contribution < -0.4 is 5.73 Å². The second-order valence-corrected chi connectivity index (χ2v) is 2.81. The molecule has 60 valence electrons. The van der Waals surface area contributed by atoms with Crippen molar-refractivity contribution in [3.05, 3.63) is 0 Å². The van der Waals surface area contributed by atoms with E-state index in [-0.39, 0.29) is 6.42 Å². The average Bonchev–Trinajstić information content (AvgIpc) is 1.87. The third-order valence-corrected chi connectivity index (χ3v) is 1.72. The first kappa shape index (κ1) is 9.71. The van der Waals surface area contributed by atoms with Gasteiger partial charge >= 0.3 is 5.97 Å². The number of hydrogen-bond donors (Lipinski definition) is 2. The quantitative estimate of drug-likeness (QED) is 0.638. The van der Waals surface area contributed by atoms with Crippen LogP contribution in [0.5, 0.6) is 0 Å². The minimum atomic E-state index is -1.17. The summed E-state index contributed by atoms with van der Waals surface area (Å²) >= 11 is 0.961. The van der Waals surface area contributed by atoms with Crippen LogP contribution in [0.3, 0.4) is 0 Å². The predicted molar refractivity (Wildman–Crippen MR) is 38.6 cm³/mol. The van der Waals surface area contributed by atoms with E-state index in [4.69, 9.17) is 10.8 Å².